The number of rotatable bonds is 3. The van der Waals surface area contributed by atoms with Gasteiger partial charge in [-0.05, 0) is 35.5 Å². The third-order valence-corrected chi connectivity index (χ3v) is 3.33. The maximum Gasteiger partial charge on any atom is 0.446 e. The van der Waals surface area contributed by atoms with Crippen LogP contribution in [0.25, 0.3) is 0 Å². The number of aromatic nitrogens is 1. The van der Waals surface area contributed by atoms with Crippen LogP contribution in [0, 0.1) is 0 Å². The van der Waals surface area contributed by atoms with Crippen LogP contribution >= 0.6 is 11.8 Å². The van der Waals surface area contributed by atoms with Crippen LogP contribution in [0.4, 0.5) is 19.0 Å². The van der Waals surface area contributed by atoms with Crippen molar-refractivity contribution in [1.82, 2.24) is 4.98 Å². The molecule has 1 unspecified atom stereocenters. The summed E-state index contributed by atoms with van der Waals surface area (Å²) >= 11 is -0.199. The lowest BCUT2D eigenvalue weighted by Crippen LogP contribution is -2.05. The SMILES string of the molecule is Nc1ncccc1C(O)c1ccc(SC(F)(F)F)cc1. The van der Waals surface area contributed by atoms with Gasteiger partial charge in [0.1, 0.15) is 11.9 Å². The molecule has 0 amide bonds. The van der Waals surface area contributed by atoms with Crippen LogP contribution in [-0.2, 0) is 0 Å². The first-order chi connectivity index (χ1) is 9.37. The third-order valence-electron chi connectivity index (χ3n) is 2.60. The fourth-order valence-electron chi connectivity index (χ4n) is 1.69. The number of aliphatic hydroxyl groups is 1. The Labute approximate surface area is 117 Å². The van der Waals surface area contributed by atoms with E-state index in [0.29, 0.717) is 11.1 Å². The van der Waals surface area contributed by atoms with Crippen LogP contribution in [0.1, 0.15) is 17.2 Å². The molecule has 3 N–H and O–H groups in total. The minimum absolute atomic E-state index is 0.0626. The lowest BCUT2D eigenvalue weighted by molar-refractivity contribution is -0.0328. The van der Waals surface area contributed by atoms with E-state index in [1.165, 1.54) is 30.5 Å². The van der Waals surface area contributed by atoms with Crippen LogP contribution in [-0.4, -0.2) is 15.6 Å². The van der Waals surface area contributed by atoms with Gasteiger partial charge in [-0.25, -0.2) is 4.98 Å². The maximum absolute atomic E-state index is 12.2. The molecule has 2 aromatic rings. The lowest BCUT2D eigenvalue weighted by Gasteiger charge is -2.13. The Bertz CT molecular complexity index is 587. The van der Waals surface area contributed by atoms with Crippen LogP contribution in [0.3, 0.4) is 0 Å². The molecule has 0 radical (unpaired) electrons. The lowest BCUT2D eigenvalue weighted by atomic mass is 10.0. The Balaban J connectivity index is 2.20. The number of pyridine rings is 1. The number of aliphatic hydroxyl groups excluding tert-OH is 1. The van der Waals surface area contributed by atoms with Gasteiger partial charge in [0, 0.05) is 16.7 Å². The number of benzene rings is 1. The summed E-state index contributed by atoms with van der Waals surface area (Å²) in [7, 11) is 0. The van der Waals surface area contributed by atoms with Crippen molar-refractivity contribution < 1.29 is 18.3 Å². The second kappa shape index (κ2) is 5.72. The summed E-state index contributed by atoms with van der Waals surface area (Å²) < 4.78 is 36.6. The molecule has 2 rings (SSSR count). The number of nitrogen functional groups attached to an aromatic ring is 1. The summed E-state index contributed by atoms with van der Waals surface area (Å²) in [6.45, 7) is 0. The van der Waals surface area contributed by atoms with Gasteiger partial charge in [0.2, 0.25) is 0 Å². The number of nitrogens with two attached hydrogens (primary N) is 1. The molecular formula is C13H11F3N2OS. The fourth-order valence-corrected chi connectivity index (χ4v) is 2.23. The van der Waals surface area contributed by atoms with Crippen molar-refractivity contribution in [2.24, 2.45) is 0 Å². The van der Waals surface area contributed by atoms with Crippen molar-refractivity contribution in [3.8, 4) is 0 Å². The van der Waals surface area contributed by atoms with Crippen molar-refractivity contribution >= 4 is 17.6 Å². The average Bonchev–Trinajstić information content (AvgIpc) is 2.37. The fraction of sp³-hybridized carbons (Fsp3) is 0.154. The van der Waals surface area contributed by atoms with E-state index in [1.54, 1.807) is 12.1 Å². The van der Waals surface area contributed by atoms with Crippen molar-refractivity contribution in [1.29, 1.82) is 0 Å². The quantitative estimate of drug-likeness (QED) is 0.853. The molecule has 0 bridgehead atoms. The zero-order valence-electron chi connectivity index (χ0n) is 10.1. The molecule has 1 aromatic carbocycles. The summed E-state index contributed by atoms with van der Waals surface area (Å²) in [5.74, 6) is 0.189. The van der Waals surface area contributed by atoms with Crippen LogP contribution in [0.5, 0.6) is 0 Å². The van der Waals surface area contributed by atoms with Crippen molar-refractivity contribution in [2.45, 2.75) is 16.5 Å². The number of hydrogen-bond donors (Lipinski definition) is 2. The molecule has 0 spiro atoms. The molecule has 0 aliphatic heterocycles. The molecule has 0 fully saturated rings. The highest BCUT2D eigenvalue weighted by Crippen LogP contribution is 2.37. The highest BCUT2D eigenvalue weighted by molar-refractivity contribution is 8.00. The Hall–Kier alpha value is -1.73. The van der Waals surface area contributed by atoms with E-state index in [4.69, 9.17) is 5.73 Å². The molecule has 106 valence electrons. The van der Waals surface area contributed by atoms with Gasteiger partial charge in [-0.15, -0.1) is 0 Å². The maximum atomic E-state index is 12.2. The van der Waals surface area contributed by atoms with E-state index in [0.717, 1.165) is 0 Å². The van der Waals surface area contributed by atoms with E-state index in [1.807, 2.05) is 0 Å². The van der Waals surface area contributed by atoms with Crippen molar-refractivity contribution in [3.63, 3.8) is 0 Å². The topological polar surface area (TPSA) is 59.1 Å². The molecule has 1 heterocycles. The summed E-state index contributed by atoms with van der Waals surface area (Å²) in [6.07, 6.45) is 0.475. The molecular weight excluding hydrogens is 289 g/mol. The molecule has 1 atom stereocenters. The molecule has 1 aromatic heterocycles. The first-order valence-corrected chi connectivity index (χ1v) is 6.42. The Kier molecular flexibility index (Phi) is 4.20. The van der Waals surface area contributed by atoms with Crippen LogP contribution in [0.2, 0.25) is 0 Å². The molecule has 0 aliphatic rings. The second-order valence-corrected chi connectivity index (χ2v) is 5.14. The van der Waals surface area contributed by atoms with Crippen LogP contribution in [0.15, 0.2) is 47.5 Å². The number of anilines is 1. The van der Waals surface area contributed by atoms with Gasteiger partial charge in [0.15, 0.2) is 0 Å². The summed E-state index contributed by atoms with van der Waals surface area (Å²) in [6, 6.07) is 8.73. The van der Waals surface area contributed by atoms with Crippen molar-refractivity contribution in [2.75, 3.05) is 5.73 Å². The predicted molar refractivity (Wildman–Crippen MR) is 71.1 cm³/mol. The van der Waals surface area contributed by atoms with E-state index in [-0.39, 0.29) is 22.5 Å². The van der Waals surface area contributed by atoms with Gasteiger partial charge in [-0.1, -0.05) is 18.2 Å². The zero-order valence-corrected chi connectivity index (χ0v) is 10.9. The standard InChI is InChI=1S/C13H11F3N2OS/c14-13(15,16)20-9-5-3-8(4-6-9)11(19)10-2-1-7-18-12(10)17/h1-7,11,19H,(H2,17,18). The van der Waals surface area contributed by atoms with Gasteiger partial charge >= 0.3 is 5.51 Å². The number of thioether (sulfide) groups is 1. The summed E-state index contributed by atoms with van der Waals surface area (Å²) in [5, 5.41) is 10.1. The molecule has 7 heteroatoms. The normalized spacial score (nSPS) is 13.2. The van der Waals surface area contributed by atoms with Gasteiger partial charge in [-0.2, -0.15) is 13.2 Å². The third kappa shape index (κ3) is 3.64. The molecule has 3 nitrogen and oxygen atoms in total. The summed E-state index contributed by atoms with van der Waals surface area (Å²) in [4.78, 5) is 3.92. The molecule has 0 saturated carbocycles. The van der Waals surface area contributed by atoms with Gasteiger partial charge < -0.3 is 10.8 Å². The van der Waals surface area contributed by atoms with E-state index >= 15 is 0 Å². The highest BCUT2D eigenvalue weighted by Gasteiger charge is 2.29. The van der Waals surface area contributed by atoms with Gasteiger partial charge in [0.25, 0.3) is 0 Å². The molecule has 0 aliphatic carbocycles. The number of nitrogens with zero attached hydrogens (tertiary/aromatic N) is 1. The second-order valence-electron chi connectivity index (χ2n) is 4.00. The largest absolute Gasteiger partial charge is 0.446 e. The Morgan fingerprint density at radius 2 is 1.80 bits per heavy atom. The number of hydrogen-bond acceptors (Lipinski definition) is 4. The molecule has 0 saturated heterocycles. The van der Waals surface area contributed by atoms with E-state index < -0.39 is 11.6 Å². The minimum Gasteiger partial charge on any atom is -0.384 e. The first-order valence-electron chi connectivity index (χ1n) is 5.61. The smallest absolute Gasteiger partial charge is 0.384 e. The van der Waals surface area contributed by atoms with Crippen LogP contribution < -0.4 is 5.73 Å². The highest BCUT2D eigenvalue weighted by atomic mass is 32.2. The Morgan fingerprint density at radius 1 is 1.15 bits per heavy atom. The average molecular weight is 300 g/mol. The summed E-state index contributed by atoms with van der Waals surface area (Å²) in [5.41, 5.74) is 2.20. The van der Waals surface area contributed by atoms with Gasteiger partial charge in [0.05, 0.1) is 0 Å². The van der Waals surface area contributed by atoms with E-state index in [2.05, 4.69) is 4.98 Å². The monoisotopic (exact) mass is 300 g/mol. The predicted octanol–water partition coefficient (Wildman–Crippen LogP) is 3.36. The van der Waals surface area contributed by atoms with Crippen molar-refractivity contribution in [3.05, 3.63) is 53.7 Å². The minimum atomic E-state index is -4.33. The Morgan fingerprint density at radius 3 is 2.35 bits per heavy atom. The zero-order chi connectivity index (χ0) is 14.8. The number of alkyl halides is 3. The van der Waals surface area contributed by atoms with Gasteiger partial charge in [-0.3, -0.25) is 0 Å². The molecule has 20 heavy (non-hydrogen) atoms. The number of halogens is 3. The van der Waals surface area contributed by atoms with E-state index in [9.17, 15) is 18.3 Å². The first kappa shape index (κ1) is 14.7.